The van der Waals surface area contributed by atoms with Gasteiger partial charge >= 0.3 is 0 Å². The first-order chi connectivity index (χ1) is 9.31. The topological polar surface area (TPSA) is 54.7 Å². The van der Waals surface area contributed by atoms with E-state index in [0.717, 1.165) is 12.8 Å². The maximum atomic E-state index is 12.9. The second-order valence-electron chi connectivity index (χ2n) is 5.87. The summed E-state index contributed by atoms with van der Waals surface area (Å²) in [6, 6.07) is 0. The number of thiazole rings is 1. The van der Waals surface area contributed by atoms with Crippen molar-refractivity contribution in [3.8, 4) is 0 Å². The highest BCUT2D eigenvalue weighted by molar-refractivity contribution is 7.89. The molecule has 0 amide bonds. The van der Waals surface area contributed by atoms with Crippen LogP contribution < -0.4 is 0 Å². The Morgan fingerprint density at radius 3 is 2.90 bits per heavy atom. The number of imidazole rings is 1. The fraction of sp³-hybridized carbons (Fsp3) is 0.583. The Labute approximate surface area is 127 Å². The number of rotatable bonds is 2. The zero-order valence-corrected chi connectivity index (χ0v) is 13.7. The van der Waals surface area contributed by atoms with Crippen LogP contribution in [-0.4, -0.2) is 35.2 Å². The van der Waals surface area contributed by atoms with Crippen molar-refractivity contribution in [2.45, 2.75) is 31.7 Å². The molecule has 110 valence electrons. The molecule has 1 fully saturated rings. The number of halogens is 1. The van der Waals surface area contributed by atoms with E-state index in [-0.39, 0.29) is 15.6 Å². The minimum absolute atomic E-state index is 0.00372. The molecular formula is C12H16ClN3O2S2. The molecule has 1 aliphatic rings. The number of fused-ring (bicyclic) bond motifs is 1. The number of piperidine rings is 1. The third kappa shape index (κ3) is 2.26. The minimum Gasteiger partial charge on any atom is -0.279 e. The lowest BCUT2D eigenvalue weighted by Crippen LogP contribution is -2.43. The van der Waals surface area contributed by atoms with Crippen LogP contribution in [0.25, 0.3) is 4.96 Å². The van der Waals surface area contributed by atoms with Crippen molar-refractivity contribution in [2.24, 2.45) is 5.41 Å². The average Bonchev–Trinajstić information content (AvgIpc) is 2.86. The Kier molecular flexibility index (Phi) is 3.36. The lowest BCUT2D eigenvalue weighted by atomic mass is 9.85. The number of nitrogens with zero attached hydrogens (tertiary/aromatic N) is 3. The molecule has 0 N–H and O–H groups in total. The molecule has 1 saturated heterocycles. The molecule has 0 unspecified atom stereocenters. The first kappa shape index (κ1) is 14.3. The molecule has 20 heavy (non-hydrogen) atoms. The van der Waals surface area contributed by atoms with Gasteiger partial charge in [0.15, 0.2) is 15.1 Å². The Balaban J connectivity index is 2.08. The van der Waals surface area contributed by atoms with E-state index in [1.54, 1.807) is 16.0 Å². The van der Waals surface area contributed by atoms with Crippen LogP contribution in [0.15, 0.2) is 16.6 Å². The smallest absolute Gasteiger partial charge is 0.262 e. The molecule has 3 heterocycles. The van der Waals surface area contributed by atoms with Gasteiger partial charge in [0, 0.05) is 24.7 Å². The van der Waals surface area contributed by atoms with Crippen molar-refractivity contribution in [1.82, 2.24) is 13.7 Å². The van der Waals surface area contributed by atoms with Crippen molar-refractivity contribution in [3.63, 3.8) is 0 Å². The average molecular weight is 334 g/mol. The molecular weight excluding hydrogens is 318 g/mol. The highest BCUT2D eigenvalue weighted by Gasteiger charge is 2.37. The van der Waals surface area contributed by atoms with Gasteiger partial charge in [-0.05, 0) is 18.3 Å². The summed E-state index contributed by atoms with van der Waals surface area (Å²) in [7, 11) is -3.61. The fourth-order valence-corrected chi connectivity index (χ4v) is 5.74. The molecule has 5 nitrogen and oxygen atoms in total. The van der Waals surface area contributed by atoms with Crippen LogP contribution in [0.5, 0.6) is 0 Å². The first-order valence-electron chi connectivity index (χ1n) is 6.42. The molecule has 2 aromatic rings. The maximum absolute atomic E-state index is 12.9. The van der Waals surface area contributed by atoms with Gasteiger partial charge in [0.05, 0.1) is 0 Å². The van der Waals surface area contributed by atoms with Crippen LogP contribution >= 0.6 is 22.9 Å². The van der Waals surface area contributed by atoms with Crippen molar-refractivity contribution in [1.29, 1.82) is 0 Å². The quantitative estimate of drug-likeness (QED) is 0.849. The van der Waals surface area contributed by atoms with Gasteiger partial charge in [0.1, 0.15) is 0 Å². The maximum Gasteiger partial charge on any atom is 0.262 e. The van der Waals surface area contributed by atoms with Crippen molar-refractivity contribution in [2.75, 3.05) is 13.1 Å². The summed E-state index contributed by atoms with van der Waals surface area (Å²) in [4.78, 5) is 4.71. The Morgan fingerprint density at radius 2 is 2.20 bits per heavy atom. The van der Waals surface area contributed by atoms with Gasteiger partial charge in [0.2, 0.25) is 0 Å². The number of hydrogen-bond donors (Lipinski definition) is 0. The van der Waals surface area contributed by atoms with Gasteiger partial charge in [-0.3, -0.25) is 4.40 Å². The van der Waals surface area contributed by atoms with Crippen LogP contribution in [0.1, 0.15) is 26.7 Å². The Morgan fingerprint density at radius 1 is 1.45 bits per heavy atom. The second-order valence-corrected chi connectivity index (χ2v) is 8.95. The molecule has 0 atom stereocenters. The third-order valence-electron chi connectivity index (χ3n) is 3.63. The molecule has 0 aromatic carbocycles. The number of aromatic nitrogens is 2. The van der Waals surface area contributed by atoms with Crippen molar-refractivity contribution >= 4 is 37.9 Å². The highest BCUT2D eigenvalue weighted by Crippen LogP contribution is 2.34. The van der Waals surface area contributed by atoms with Crippen LogP contribution in [0, 0.1) is 5.41 Å². The predicted molar refractivity (Wildman–Crippen MR) is 79.9 cm³/mol. The van der Waals surface area contributed by atoms with E-state index in [4.69, 9.17) is 11.6 Å². The van der Waals surface area contributed by atoms with E-state index in [1.165, 1.54) is 15.6 Å². The fourth-order valence-electron chi connectivity index (χ4n) is 2.67. The lowest BCUT2D eigenvalue weighted by Gasteiger charge is -2.36. The van der Waals surface area contributed by atoms with Gasteiger partial charge in [-0.2, -0.15) is 4.31 Å². The molecule has 2 aromatic heterocycles. The summed E-state index contributed by atoms with van der Waals surface area (Å²) < 4.78 is 28.8. The van der Waals surface area contributed by atoms with Gasteiger partial charge < -0.3 is 0 Å². The summed E-state index contributed by atoms with van der Waals surface area (Å²) >= 11 is 7.42. The summed E-state index contributed by atoms with van der Waals surface area (Å²) in [5.41, 5.74) is -0.00372. The predicted octanol–water partition coefficient (Wildman–Crippen LogP) is 2.86. The SMILES string of the molecule is CC1(C)CCCN(S(=O)(=O)c2c(Cl)nc3sccn23)C1. The van der Waals surface area contributed by atoms with Gasteiger partial charge in [-0.15, -0.1) is 11.3 Å². The molecule has 1 aliphatic heterocycles. The Hall–Kier alpha value is -0.630. The molecule has 3 rings (SSSR count). The summed E-state index contributed by atoms with van der Waals surface area (Å²) in [6.45, 7) is 5.24. The van der Waals surface area contributed by atoms with Gasteiger partial charge in [-0.25, -0.2) is 13.4 Å². The molecule has 0 radical (unpaired) electrons. The van der Waals surface area contributed by atoms with E-state index in [2.05, 4.69) is 18.8 Å². The van der Waals surface area contributed by atoms with Gasteiger partial charge in [-0.1, -0.05) is 25.4 Å². The standard InChI is InChI=1S/C12H16ClN3O2S2/c1-12(2)4-3-5-15(8-12)20(17,18)10-9(13)14-11-16(10)6-7-19-11/h6-7H,3-5,8H2,1-2H3. The van der Waals surface area contributed by atoms with Crippen molar-refractivity contribution in [3.05, 3.63) is 16.7 Å². The molecule has 8 heteroatoms. The lowest BCUT2D eigenvalue weighted by molar-refractivity contribution is 0.186. The monoisotopic (exact) mass is 333 g/mol. The summed E-state index contributed by atoms with van der Waals surface area (Å²) in [5, 5.41) is 1.95. The molecule has 0 saturated carbocycles. The van der Waals surface area contributed by atoms with E-state index in [9.17, 15) is 8.42 Å². The third-order valence-corrected chi connectivity index (χ3v) is 6.63. The van der Waals surface area contributed by atoms with Crippen LogP contribution in [0.2, 0.25) is 5.15 Å². The number of hydrogen-bond acceptors (Lipinski definition) is 4. The second kappa shape index (κ2) is 4.69. The number of sulfonamides is 1. The zero-order chi connectivity index (χ0) is 14.5. The van der Waals surface area contributed by atoms with E-state index in [1.807, 2.05) is 0 Å². The molecule has 0 bridgehead atoms. The molecule has 0 spiro atoms. The van der Waals surface area contributed by atoms with E-state index < -0.39 is 10.0 Å². The summed E-state index contributed by atoms with van der Waals surface area (Å²) in [6.07, 6.45) is 3.60. The van der Waals surface area contributed by atoms with Gasteiger partial charge in [0.25, 0.3) is 10.0 Å². The van der Waals surface area contributed by atoms with Crippen LogP contribution in [0.3, 0.4) is 0 Å². The van der Waals surface area contributed by atoms with Crippen molar-refractivity contribution < 1.29 is 8.42 Å². The minimum atomic E-state index is -3.61. The summed E-state index contributed by atoms with van der Waals surface area (Å²) in [5.74, 6) is 0. The highest BCUT2D eigenvalue weighted by atomic mass is 35.5. The molecule has 0 aliphatic carbocycles. The largest absolute Gasteiger partial charge is 0.279 e. The Bertz CT molecular complexity index is 748. The van der Waals surface area contributed by atoms with Crippen LogP contribution in [-0.2, 0) is 10.0 Å². The first-order valence-corrected chi connectivity index (χ1v) is 9.12. The van der Waals surface area contributed by atoms with E-state index in [0.29, 0.717) is 18.1 Å². The zero-order valence-electron chi connectivity index (χ0n) is 11.3. The normalized spacial score (nSPS) is 20.6. The van der Waals surface area contributed by atoms with E-state index >= 15 is 0 Å². The van der Waals surface area contributed by atoms with Crippen LogP contribution in [0.4, 0.5) is 0 Å².